The summed E-state index contributed by atoms with van der Waals surface area (Å²) in [7, 11) is 0. The van der Waals surface area contributed by atoms with Crippen molar-refractivity contribution in [3.8, 4) is 0 Å². The SMILES string of the molecule is ClCc1nc2cc(I)ccc2n1CC1CC1. The maximum absolute atomic E-state index is 5.96. The van der Waals surface area contributed by atoms with E-state index in [0.717, 1.165) is 23.8 Å². The van der Waals surface area contributed by atoms with Crippen molar-refractivity contribution < 1.29 is 0 Å². The fourth-order valence-corrected chi connectivity index (χ4v) is 2.70. The van der Waals surface area contributed by atoms with Gasteiger partial charge >= 0.3 is 0 Å². The van der Waals surface area contributed by atoms with E-state index in [0.29, 0.717) is 5.88 Å². The molecule has 3 rings (SSSR count). The van der Waals surface area contributed by atoms with Gasteiger partial charge in [0.15, 0.2) is 0 Å². The molecule has 16 heavy (non-hydrogen) atoms. The number of hydrogen-bond acceptors (Lipinski definition) is 1. The first kappa shape index (κ1) is 10.8. The van der Waals surface area contributed by atoms with Gasteiger partial charge in [-0.2, -0.15) is 0 Å². The molecule has 0 spiro atoms. The highest BCUT2D eigenvalue weighted by Crippen LogP contribution is 2.32. The summed E-state index contributed by atoms with van der Waals surface area (Å²) < 4.78 is 3.51. The van der Waals surface area contributed by atoms with Crippen LogP contribution in [0.2, 0.25) is 0 Å². The van der Waals surface area contributed by atoms with Crippen molar-refractivity contribution >= 4 is 45.2 Å². The van der Waals surface area contributed by atoms with Crippen LogP contribution in [-0.2, 0) is 12.4 Å². The Bertz CT molecular complexity index is 531. The summed E-state index contributed by atoms with van der Waals surface area (Å²) in [4.78, 5) is 4.60. The zero-order chi connectivity index (χ0) is 11.1. The van der Waals surface area contributed by atoms with E-state index in [2.05, 4.69) is 50.3 Å². The molecule has 2 nitrogen and oxygen atoms in total. The molecular formula is C12H12ClIN2. The molecule has 0 amide bonds. The van der Waals surface area contributed by atoms with Gasteiger partial charge in [0.05, 0.1) is 16.9 Å². The van der Waals surface area contributed by atoms with Crippen LogP contribution in [0, 0.1) is 9.49 Å². The highest BCUT2D eigenvalue weighted by molar-refractivity contribution is 14.1. The number of aromatic nitrogens is 2. The molecule has 1 saturated carbocycles. The predicted octanol–water partition coefficient (Wildman–Crippen LogP) is 3.79. The molecule has 1 heterocycles. The number of benzene rings is 1. The fourth-order valence-electron chi connectivity index (χ4n) is 2.02. The van der Waals surface area contributed by atoms with Gasteiger partial charge < -0.3 is 4.57 Å². The topological polar surface area (TPSA) is 17.8 Å². The smallest absolute Gasteiger partial charge is 0.124 e. The molecule has 1 aromatic carbocycles. The van der Waals surface area contributed by atoms with Crippen molar-refractivity contribution in [3.63, 3.8) is 0 Å². The second kappa shape index (κ2) is 4.18. The predicted molar refractivity (Wildman–Crippen MR) is 74.7 cm³/mol. The molecule has 1 aliphatic rings. The number of hydrogen-bond donors (Lipinski definition) is 0. The third-order valence-corrected chi connectivity index (χ3v) is 3.96. The molecule has 0 N–H and O–H groups in total. The molecule has 0 atom stereocenters. The molecule has 0 bridgehead atoms. The number of fused-ring (bicyclic) bond motifs is 1. The largest absolute Gasteiger partial charge is 0.327 e. The highest BCUT2D eigenvalue weighted by atomic mass is 127. The van der Waals surface area contributed by atoms with Gasteiger partial charge in [0, 0.05) is 10.1 Å². The third-order valence-electron chi connectivity index (χ3n) is 3.05. The van der Waals surface area contributed by atoms with Crippen molar-refractivity contribution in [3.05, 3.63) is 27.6 Å². The van der Waals surface area contributed by atoms with Gasteiger partial charge in [-0.1, -0.05) is 0 Å². The van der Waals surface area contributed by atoms with E-state index in [4.69, 9.17) is 11.6 Å². The molecule has 0 aliphatic heterocycles. The Morgan fingerprint density at radius 2 is 2.25 bits per heavy atom. The van der Waals surface area contributed by atoms with Crippen LogP contribution in [0.4, 0.5) is 0 Å². The number of nitrogens with zero attached hydrogens (tertiary/aromatic N) is 2. The van der Waals surface area contributed by atoms with Crippen LogP contribution in [0.1, 0.15) is 18.7 Å². The maximum atomic E-state index is 5.96. The number of imidazole rings is 1. The first-order valence-corrected chi connectivity index (χ1v) is 7.10. The average molecular weight is 347 g/mol. The van der Waals surface area contributed by atoms with Crippen LogP contribution < -0.4 is 0 Å². The van der Waals surface area contributed by atoms with E-state index in [-0.39, 0.29) is 0 Å². The molecular weight excluding hydrogens is 335 g/mol. The van der Waals surface area contributed by atoms with Crippen LogP contribution >= 0.6 is 34.2 Å². The Morgan fingerprint density at radius 1 is 1.44 bits per heavy atom. The molecule has 0 radical (unpaired) electrons. The molecule has 0 unspecified atom stereocenters. The van der Waals surface area contributed by atoms with E-state index in [9.17, 15) is 0 Å². The van der Waals surface area contributed by atoms with Crippen molar-refractivity contribution in [2.45, 2.75) is 25.3 Å². The lowest BCUT2D eigenvalue weighted by Gasteiger charge is -2.05. The molecule has 0 saturated heterocycles. The highest BCUT2D eigenvalue weighted by Gasteiger charge is 2.23. The zero-order valence-corrected chi connectivity index (χ0v) is 11.7. The number of alkyl halides is 1. The summed E-state index contributed by atoms with van der Waals surface area (Å²) >= 11 is 8.28. The minimum Gasteiger partial charge on any atom is -0.327 e. The van der Waals surface area contributed by atoms with Gasteiger partial charge in [-0.25, -0.2) is 4.98 Å². The lowest BCUT2D eigenvalue weighted by atomic mass is 10.3. The van der Waals surface area contributed by atoms with Crippen LogP contribution in [0.25, 0.3) is 11.0 Å². The van der Waals surface area contributed by atoms with Gasteiger partial charge in [0.25, 0.3) is 0 Å². The van der Waals surface area contributed by atoms with Crippen LogP contribution in [0.3, 0.4) is 0 Å². The summed E-state index contributed by atoms with van der Waals surface area (Å²) in [5.74, 6) is 2.35. The van der Waals surface area contributed by atoms with Crippen molar-refractivity contribution in [2.24, 2.45) is 5.92 Å². The van der Waals surface area contributed by atoms with Gasteiger partial charge in [-0.3, -0.25) is 0 Å². The van der Waals surface area contributed by atoms with E-state index >= 15 is 0 Å². The van der Waals surface area contributed by atoms with Crippen LogP contribution in [0.15, 0.2) is 18.2 Å². The molecule has 4 heteroatoms. The average Bonchev–Trinajstić information content (AvgIpc) is 3.01. The van der Waals surface area contributed by atoms with E-state index in [1.165, 1.54) is 21.9 Å². The van der Waals surface area contributed by atoms with Gasteiger partial charge in [-0.15, -0.1) is 11.6 Å². The first-order chi connectivity index (χ1) is 7.78. The molecule has 1 fully saturated rings. The Morgan fingerprint density at radius 3 is 2.94 bits per heavy atom. The van der Waals surface area contributed by atoms with Crippen molar-refractivity contribution in [1.82, 2.24) is 9.55 Å². The summed E-state index contributed by atoms with van der Waals surface area (Å²) in [5, 5.41) is 0. The van der Waals surface area contributed by atoms with E-state index in [1.54, 1.807) is 0 Å². The second-order valence-corrected chi connectivity index (χ2v) is 5.86. The summed E-state index contributed by atoms with van der Waals surface area (Å²) in [6.07, 6.45) is 2.71. The maximum Gasteiger partial charge on any atom is 0.124 e. The first-order valence-electron chi connectivity index (χ1n) is 5.48. The van der Waals surface area contributed by atoms with Gasteiger partial charge in [0.1, 0.15) is 5.82 Å². The van der Waals surface area contributed by atoms with Crippen molar-refractivity contribution in [1.29, 1.82) is 0 Å². The molecule has 1 aliphatic carbocycles. The Balaban J connectivity index is 2.13. The fraction of sp³-hybridized carbons (Fsp3) is 0.417. The van der Waals surface area contributed by atoms with Crippen LogP contribution in [0.5, 0.6) is 0 Å². The van der Waals surface area contributed by atoms with Crippen LogP contribution in [-0.4, -0.2) is 9.55 Å². The second-order valence-electron chi connectivity index (χ2n) is 4.35. The quantitative estimate of drug-likeness (QED) is 0.611. The Labute approximate surface area is 113 Å². The lowest BCUT2D eigenvalue weighted by molar-refractivity contribution is 0.623. The summed E-state index contributed by atoms with van der Waals surface area (Å²) in [5.41, 5.74) is 2.30. The monoisotopic (exact) mass is 346 g/mol. The molecule has 2 aromatic rings. The summed E-state index contributed by atoms with van der Waals surface area (Å²) in [6.45, 7) is 1.08. The Hall–Kier alpha value is -0.290. The van der Waals surface area contributed by atoms with E-state index in [1.807, 2.05) is 0 Å². The lowest BCUT2D eigenvalue weighted by Crippen LogP contribution is -2.03. The Kier molecular flexibility index (Phi) is 2.83. The number of rotatable bonds is 3. The number of halogens is 2. The zero-order valence-electron chi connectivity index (χ0n) is 8.79. The van der Waals surface area contributed by atoms with Crippen molar-refractivity contribution in [2.75, 3.05) is 0 Å². The minimum atomic E-state index is 0.498. The normalized spacial score (nSPS) is 15.9. The third kappa shape index (κ3) is 1.95. The molecule has 1 aromatic heterocycles. The standard InChI is InChI=1S/C12H12ClIN2/c13-6-12-15-10-5-9(14)3-4-11(10)16(12)7-8-1-2-8/h3-5,8H,1-2,6-7H2. The van der Waals surface area contributed by atoms with Gasteiger partial charge in [0.2, 0.25) is 0 Å². The summed E-state index contributed by atoms with van der Waals surface area (Å²) in [6, 6.07) is 6.41. The van der Waals surface area contributed by atoms with Gasteiger partial charge in [-0.05, 0) is 59.5 Å². The van der Waals surface area contributed by atoms with E-state index < -0.39 is 0 Å². The molecule has 84 valence electrons. The minimum absolute atomic E-state index is 0.498.